The highest BCUT2D eigenvalue weighted by atomic mass is 16.6. The molecule has 0 bridgehead atoms. The number of fused-ring (bicyclic) bond motifs is 1. The third-order valence-corrected chi connectivity index (χ3v) is 3.99. The summed E-state index contributed by atoms with van der Waals surface area (Å²) < 4.78 is 10.9. The average molecular weight is 363 g/mol. The quantitative estimate of drug-likeness (QED) is 0.391. The molecule has 0 amide bonds. The fourth-order valence-corrected chi connectivity index (χ4v) is 2.64. The standard InChI is InChI=1S/C22H21NO4/c1-2-15-23-20(27-21(24)17-10-4-3-5-11-17)22(25)26-19-14-8-12-16-9-6-7-13-18(16)19/h3-14,20,23H,2,15H2,1H3. The van der Waals surface area contributed by atoms with Crippen LogP contribution in [0.15, 0.2) is 72.8 Å². The zero-order valence-corrected chi connectivity index (χ0v) is 15.1. The Morgan fingerprint density at radius 1 is 0.926 bits per heavy atom. The van der Waals surface area contributed by atoms with Crippen molar-refractivity contribution in [3.05, 3.63) is 78.4 Å². The molecule has 0 aliphatic carbocycles. The van der Waals surface area contributed by atoms with E-state index in [1.54, 1.807) is 36.4 Å². The third-order valence-electron chi connectivity index (χ3n) is 3.99. The van der Waals surface area contributed by atoms with Crippen LogP contribution in [0.1, 0.15) is 23.7 Å². The van der Waals surface area contributed by atoms with Gasteiger partial charge in [0.2, 0.25) is 0 Å². The van der Waals surface area contributed by atoms with E-state index in [2.05, 4.69) is 5.32 Å². The Labute approximate surface area is 157 Å². The molecule has 5 nitrogen and oxygen atoms in total. The Morgan fingerprint density at radius 3 is 2.41 bits per heavy atom. The number of carbonyl (C=O) groups is 2. The van der Waals surface area contributed by atoms with Gasteiger partial charge in [-0.15, -0.1) is 0 Å². The molecular formula is C22H21NO4. The number of rotatable bonds is 7. The van der Waals surface area contributed by atoms with Gasteiger partial charge in [0.1, 0.15) is 5.75 Å². The van der Waals surface area contributed by atoms with Crippen molar-refractivity contribution in [3.8, 4) is 5.75 Å². The van der Waals surface area contributed by atoms with Crippen LogP contribution in [0.25, 0.3) is 10.8 Å². The molecule has 138 valence electrons. The number of benzene rings is 3. The average Bonchev–Trinajstić information content (AvgIpc) is 2.71. The van der Waals surface area contributed by atoms with Crippen molar-refractivity contribution in [3.63, 3.8) is 0 Å². The van der Waals surface area contributed by atoms with E-state index >= 15 is 0 Å². The van der Waals surface area contributed by atoms with Gasteiger partial charge in [0.15, 0.2) is 0 Å². The predicted molar refractivity (Wildman–Crippen MR) is 104 cm³/mol. The molecule has 0 aliphatic rings. The Bertz CT molecular complexity index is 919. The molecule has 0 aliphatic heterocycles. The monoisotopic (exact) mass is 363 g/mol. The number of hydrogen-bond donors (Lipinski definition) is 1. The molecule has 27 heavy (non-hydrogen) atoms. The Morgan fingerprint density at radius 2 is 1.63 bits per heavy atom. The van der Waals surface area contributed by atoms with E-state index in [9.17, 15) is 9.59 Å². The number of carbonyl (C=O) groups excluding carboxylic acids is 2. The van der Waals surface area contributed by atoms with Gasteiger partial charge >= 0.3 is 11.9 Å². The lowest BCUT2D eigenvalue weighted by Crippen LogP contribution is -2.43. The summed E-state index contributed by atoms with van der Waals surface area (Å²) in [5, 5.41) is 4.70. The smallest absolute Gasteiger partial charge is 0.368 e. The molecule has 5 heteroatoms. The molecule has 1 N–H and O–H groups in total. The molecule has 0 spiro atoms. The van der Waals surface area contributed by atoms with Gasteiger partial charge in [-0.3, -0.25) is 5.32 Å². The van der Waals surface area contributed by atoms with Crippen LogP contribution in [0.4, 0.5) is 0 Å². The van der Waals surface area contributed by atoms with E-state index in [0.29, 0.717) is 17.9 Å². The summed E-state index contributed by atoms with van der Waals surface area (Å²) in [6, 6.07) is 21.6. The number of nitrogens with one attached hydrogen (secondary N) is 1. The molecule has 0 saturated heterocycles. The van der Waals surface area contributed by atoms with Gasteiger partial charge in [-0.2, -0.15) is 0 Å². The first kappa shape index (κ1) is 18.6. The van der Waals surface area contributed by atoms with E-state index in [1.165, 1.54) is 0 Å². The van der Waals surface area contributed by atoms with Crippen LogP contribution in [0.2, 0.25) is 0 Å². The Kier molecular flexibility index (Phi) is 6.18. The molecule has 0 saturated carbocycles. The molecule has 0 heterocycles. The molecule has 3 aromatic rings. The lowest BCUT2D eigenvalue weighted by atomic mass is 10.1. The van der Waals surface area contributed by atoms with Crippen molar-refractivity contribution in [1.29, 1.82) is 0 Å². The molecule has 1 unspecified atom stereocenters. The first-order chi connectivity index (χ1) is 13.2. The highest BCUT2D eigenvalue weighted by molar-refractivity contribution is 5.93. The van der Waals surface area contributed by atoms with Crippen molar-refractivity contribution in [1.82, 2.24) is 5.32 Å². The SMILES string of the molecule is CCCNC(OC(=O)c1ccccc1)C(=O)Oc1cccc2ccccc12. The summed E-state index contributed by atoms with van der Waals surface area (Å²) in [5.74, 6) is -0.819. The number of hydrogen-bond acceptors (Lipinski definition) is 5. The van der Waals surface area contributed by atoms with Gasteiger partial charge in [0.25, 0.3) is 6.23 Å². The first-order valence-corrected chi connectivity index (χ1v) is 8.88. The fourth-order valence-electron chi connectivity index (χ4n) is 2.64. The molecule has 0 aromatic heterocycles. The molecule has 1 atom stereocenters. The van der Waals surface area contributed by atoms with E-state index in [0.717, 1.165) is 17.2 Å². The lowest BCUT2D eigenvalue weighted by molar-refractivity contribution is -0.146. The summed E-state index contributed by atoms with van der Waals surface area (Å²) in [6.45, 7) is 2.47. The zero-order chi connectivity index (χ0) is 19.1. The van der Waals surface area contributed by atoms with Gasteiger partial charge < -0.3 is 9.47 Å². The maximum Gasteiger partial charge on any atom is 0.368 e. The van der Waals surface area contributed by atoms with Crippen LogP contribution in [0.5, 0.6) is 5.75 Å². The van der Waals surface area contributed by atoms with Gasteiger partial charge in [-0.25, -0.2) is 9.59 Å². The van der Waals surface area contributed by atoms with Crippen LogP contribution >= 0.6 is 0 Å². The minimum absolute atomic E-state index is 0.374. The van der Waals surface area contributed by atoms with Crippen LogP contribution in [0, 0.1) is 0 Å². The van der Waals surface area contributed by atoms with E-state index in [4.69, 9.17) is 9.47 Å². The maximum absolute atomic E-state index is 12.7. The first-order valence-electron chi connectivity index (χ1n) is 8.88. The largest absolute Gasteiger partial charge is 0.431 e. The maximum atomic E-state index is 12.7. The summed E-state index contributed by atoms with van der Waals surface area (Å²) in [4.78, 5) is 25.0. The number of ether oxygens (including phenoxy) is 2. The highest BCUT2D eigenvalue weighted by Gasteiger charge is 2.25. The van der Waals surface area contributed by atoms with Gasteiger partial charge in [0.05, 0.1) is 5.56 Å². The highest BCUT2D eigenvalue weighted by Crippen LogP contribution is 2.25. The van der Waals surface area contributed by atoms with Crippen molar-refractivity contribution >= 4 is 22.7 Å². The van der Waals surface area contributed by atoms with Crippen LogP contribution in [-0.2, 0) is 9.53 Å². The van der Waals surface area contributed by atoms with Crippen molar-refractivity contribution in [2.45, 2.75) is 19.6 Å². The summed E-state index contributed by atoms with van der Waals surface area (Å²) >= 11 is 0. The van der Waals surface area contributed by atoms with E-state index in [1.807, 2.05) is 43.3 Å². The topological polar surface area (TPSA) is 64.6 Å². The Balaban J connectivity index is 1.77. The molecule has 3 rings (SSSR count). The molecule has 0 radical (unpaired) electrons. The second kappa shape index (κ2) is 8.96. The molecular weight excluding hydrogens is 342 g/mol. The minimum atomic E-state index is -1.18. The van der Waals surface area contributed by atoms with Gasteiger partial charge in [-0.05, 0) is 36.6 Å². The van der Waals surface area contributed by atoms with Gasteiger partial charge in [0, 0.05) is 5.39 Å². The lowest BCUT2D eigenvalue weighted by Gasteiger charge is -2.18. The normalized spacial score (nSPS) is 11.7. The molecule has 3 aromatic carbocycles. The second-order valence-electron chi connectivity index (χ2n) is 6.00. The van der Waals surface area contributed by atoms with E-state index in [-0.39, 0.29) is 0 Å². The van der Waals surface area contributed by atoms with Crippen LogP contribution in [-0.4, -0.2) is 24.7 Å². The summed E-state index contributed by atoms with van der Waals surface area (Å²) in [5.41, 5.74) is 0.374. The van der Waals surface area contributed by atoms with Gasteiger partial charge in [-0.1, -0.05) is 61.5 Å². The zero-order valence-electron chi connectivity index (χ0n) is 15.1. The second-order valence-corrected chi connectivity index (χ2v) is 6.00. The van der Waals surface area contributed by atoms with Crippen LogP contribution in [0.3, 0.4) is 0 Å². The Hall–Kier alpha value is -3.18. The molecule has 0 fully saturated rings. The van der Waals surface area contributed by atoms with E-state index < -0.39 is 18.2 Å². The number of esters is 2. The summed E-state index contributed by atoms with van der Waals surface area (Å²) in [6.07, 6.45) is -0.405. The van der Waals surface area contributed by atoms with Crippen molar-refractivity contribution in [2.24, 2.45) is 0 Å². The minimum Gasteiger partial charge on any atom is -0.431 e. The summed E-state index contributed by atoms with van der Waals surface area (Å²) in [7, 11) is 0. The van der Waals surface area contributed by atoms with Crippen molar-refractivity contribution in [2.75, 3.05) is 6.54 Å². The predicted octanol–water partition coefficient (Wildman–Crippen LogP) is 3.93. The van der Waals surface area contributed by atoms with Crippen molar-refractivity contribution < 1.29 is 19.1 Å². The third kappa shape index (κ3) is 4.71. The van der Waals surface area contributed by atoms with Crippen LogP contribution < -0.4 is 10.1 Å². The fraction of sp³-hybridized carbons (Fsp3) is 0.182.